The molecule has 1 atom stereocenters. The van der Waals surface area contributed by atoms with Gasteiger partial charge >= 0.3 is 0 Å². The zero-order valence-electron chi connectivity index (χ0n) is 5.26. The van der Waals surface area contributed by atoms with Crippen LogP contribution in [0, 0.1) is 0 Å². The molecule has 2 nitrogen and oxygen atoms in total. The highest BCUT2D eigenvalue weighted by Gasteiger charge is 1.96. The van der Waals surface area contributed by atoms with E-state index in [9.17, 15) is 0 Å². The fourth-order valence-corrected chi connectivity index (χ4v) is 0.711. The minimum Gasteiger partial charge on any atom is -0.395 e. The molecule has 0 saturated heterocycles. The molecular formula is C5H12O2S. The molecule has 1 unspecified atom stereocenters. The monoisotopic (exact) mass is 136 g/mol. The lowest BCUT2D eigenvalue weighted by molar-refractivity contribution is 0.255. The SMILES string of the molecule is COCSC(C)CO. The zero-order chi connectivity index (χ0) is 6.41. The van der Waals surface area contributed by atoms with Crippen LogP contribution in [0.15, 0.2) is 0 Å². The first-order valence-electron chi connectivity index (χ1n) is 2.52. The summed E-state index contributed by atoms with van der Waals surface area (Å²) in [7, 11) is 1.65. The topological polar surface area (TPSA) is 29.5 Å². The number of ether oxygens (including phenoxy) is 1. The number of hydrogen-bond acceptors (Lipinski definition) is 3. The molecule has 0 aliphatic carbocycles. The van der Waals surface area contributed by atoms with E-state index in [2.05, 4.69) is 0 Å². The zero-order valence-corrected chi connectivity index (χ0v) is 6.07. The molecule has 0 aliphatic rings. The maximum absolute atomic E-state index is 8.49. The predicted molar refractivity (Wildman–Crippen MR) is 36.0 cm³/mol. The van der Waals surface area contributed by atoms with E-state index in [0.29, 0.717) is 11.2 Å². The van der Waals surface area contributed by atoms with Gasteiger partial charge in [0.15, 0.2) is 0 Å². The first-order chi connectivity index (χ1) is 3.81. The van der Waals surface area contributed by atoms with Crippen molar-refractivity contribution in [1.82, 2.24) is 0 Å². The maximum atomic E-state index is 8.49. The van der Waals surface area contributed by atoms with Gasteiger partial charge in [-0.05, 0) is 0 Å². The predicted octanol–water partition coefficient (Wildman–Crippen LogP) is 0.704. The van der Waals surface area contributed by atoms with Crippen LogP contribution in [0.3, 0.4) is 0 Å². The first kappa shape index (κ1) is 8.27. The van der Waals surface area contributed by atoms with E-state index in [1.54, 1.807) is 18.9 Å². The van der Waals surface area contributed by atoms with Gasteiger partial charge in [-0.2, -0.15) is 0 Å². The maximum Gasteiger partial charge on any atom is 0.0920 e. The largest absolute Gasteiger partial charge is 0.395 e. The van der Waals surface area contributed by atoms with Gasteiger partial charge in [-0.25, -0.2) is 0 Å². The van der Waals surface area contributed by atoms with Crippen LogP contribution >= 0.6 is 11.8 Å². The van der Waals surface area contributed by atoms with Crippen LogP contribution in [0.1, 0.15) is 6.92 Å². The second-order valence-corrected chi connectivity index (χ2v) is 2.94. The molecule has 0 spiro atoms. The standard InChI is InChI=1S/C5H12O2S/c1-5(3-6)8-4-7-2/h5-6H,3-4H2,1-2H3. The molecule has 0 aromatic rings. The van der Waals surface area contributed by atoms with Crippen molar-refractivity contribution in [2.45, 2.75) is 12.2 Å². The average molecular weight is 136 g/mol. The summed E-state index contributed by atoms with van der Waals surface area (Å²) in [5.74, 6) is 0.668. The molecule has 50 valence electrons. The summed E-state index contributed by atoms with van der Waals surface area (Å²) >= 11 is 1.60. The van der Waals surface area contributed by atoms with Gasteiger partial charge in [-0.3, -0.25) is 0 Å². The summed E-state index contributed by atoms with van der Waals surface area (Å²) < 4.78 is 4.77. The van der Waals surface area contributed by atoms with Crippen molar-refractivity contribution in [1.29, 1.82) is 0 Å². The Balaban J connectivity index is 2.86. The molecule has 0 fully saturated rings. The third kappa shape index (κ3) is 4.43. The van der Waals surface area contributed by atoms with Gasteiger partial charge in [0.2, 0.25) is 0 Å². The van der Waals surface area contributed by atoms with Crippen molar-refractivity contribution in [3.05, 3.63) is 0 Å². The Morgan fingerprint density at radius 3 is 2.75 bits per heavy atom. The van der Waals surface area contributed by atoms with E-state index < -0.39 is 0 Å². The van der Waals surface area contributed by atoms with Gasteiger partial charge in [-0.15, -0.1) is 11.8 Å². The van der Waals surface area contributed by atoms with Crippen LogP contribution in [0.5, 0.6) is 0 Å². The fourth-order valence-electron chi connectivity index (χ4n) is 0.237. The Hall–Kier alpha value is 0.270. The van der Waals surface area contributed by atoms with Crippen LogP contribution in [-0.2, 0) is 4.74 Å². The highest BCUT2D eigenvalue weighted by molar-refractivity contribution is 7.99. The minimum absolute atomic E-state index is 0.230. The quantitative estimate of drug-likeness (QED) is 0.577. The van der Waals surface area contributed by atoms with Gasteiger partial charge in [-0.1, -0.05) is 6.92 Å². The van der Waals surface area contributed by atoms with Gasteiger partial charge < -0.3 is 9.84 Å². The number of aliphatic hydroxyl groups is 1. The number of aliphatic hydroxyl groups excluding tert-OH is 1. The molecule has 0 bridgehead atoms. The highest BCUT2D eigenvalue weighted by Crippen LogP contribution is 2.07. The summed E-state index contributed by atoms with van der Waals surface area (Å²) in [6.07, 6.45) is 0. The third-order valence-corrected chi connectivity index (χ3v) is 1.82. The third-order valence-electron chi connectivity index (χ3n) is 0.728. The molecule has 0 aliphatic heterocycles. The summed E-state index contributed by atoms with van der Waals surface area (Å²) in [6.45, 7) is 2.19. The van der Waals surface area contributed by atoms with Crippen LogP contribution < -0.4 is 0 Å². The summed E-state index contributed by atoms with van der Waals surface area (Å²) in [4.78, 5) is 0. The summed E-state index contributed by atoms with van der Waals surface area (Å²) in [6, 6.07) is 0. The van der Waals surface area contributed by atoms with Crippen molar-refractivity contribution in [2.75, 3.05) is 19.7 Å². The van der Waals surface area contributed by atoms with E-state index in [1.807, 2.05) is 6.92 Å². The van der Waals surface area contributed by atoms with Crippen LogP contribution in [-0.4, -0.2) is 30.0 Å². The van der Waals surface area contributed by atoms with E-state index in [-0.39, 0.29) is 6.61 Å². The lowest BCUT2D eigenvalue weighted by atomic mass is 10.5. The average Bonchev–Trinajstić information content (AvgIpc) is 1.83. The number of methoxy groups -OCH3 is 1. The van der Waals surface area contributed by atoms with E-state index >= 15 is 0 Å². The molecule has 8 heavy (non-hydrogen) atoms. The molecule has 0 heterocycles. The molecule has 0 rings (SSSR count). The molecule has 1 N–H and O–H groups in total. The Bertz CT molecular complexity index is 49.7. The van der Waals surface area contributed by atoms with Gasteiger partial charge in [0.05, 0.1) is 12.5 Å². The van der Waals surface area contributed by atoms with Gasteiger partial charge in [0.1, 0.15) is 0 Å². The first-order valence-corrected chi connectivity index (χ1v) is 3.57. The van der Waals surface area contributed by atoms with Crippen molar-refractivity contribution in [3.8, 4) is 0 Å². The van der Waals surface area contributed by atoms with Crippen LogP contribution in [0.4, 0.5) is 0 Å². The lowest BCUT2D eigenvalue weighted by Crippen LogP contribution is -2.03. The minimum atomic E-state index is 0.230. The summed E-state index contributed by atoms with van der Waals surface area (Å²) in [5.41, 5.74) is 0. The second kappa shape index (κ2) is 5.41. The Kier molecular flexibility index (Phi) is 5.59. The highest BCUT2D eigenvalue weighted by atomic mass is 32.2. The van der Waals surface area contributed by atoms with Crippen LogP contribution in [0.2, 0.25) is 0 Å². The molecule has 0 aromatic heterocycles. The Morgan fingerprint density at radius 2 is 2.38 bits per heavy atom. The van der Waals surface area contributed by atoms with Crippen molar-refractivity contribution >= 4 is 11.8 Å². The summed E-state index contributed by atoms with van der Waals surface area (Å²) in [5, 5.41) is 8.79. The second-order valence-electron chi connectivity index (χ2n) is 1.57. The molecule has 0 aromatic carbocycles. The molecule has 3 heteroatoms. The molecule has 0 radical (unpaired) electrons. The van der Waals surface area contributed by atoms with E-state index in [4.69, 9.17) is 9.84 Å². The Labute approximate surface area is 54.2 Å². The lowest BCUT2D eigenvalue weighted by Gasteiger charge is -2.04. The molecule has 0 amide bonds. The normalized spacial score (nSPS) is 13.9. The molecule has 0 saturated carbocycles. The van der Waals surface area contributed by atoms with Crippen molar-refractivity contribution in [3.63, 3.8) is 0 Å². The number of thioether (sulfide) groups is 1. The fraction of sp³-hybridized carbons (Fsp3) is 1.00. The smallest absolute Gasteiger partial charge is 0.0920 e. The number of hydrogen-bond donors (Lipinski definition) is 1. The van der Waals surface area contributed by atoms with Crippen molar-refractivity contribution < 1.29 is 9.84 Å². The Morgan fingerprint density at radius 1 is 1.75 bits per heavy atom. The van der Waals surface area contributed by atoms with E-state index in [0.717, 1.165) is 0 Å². The van der Waals surface area contributed by atoms with Crippen LogP contribution in [0.25, 0.3) is 0 Å². The number of rotatable bonds is 4. The van der Waals surface area contributed by atoms with E-state index in [1.165, 1.54) is 0 Å². The van der Waals surface area contributed by atoms with Gasteiger partial charge in [0, 0.05) is 12.4 Å². The van der Waals surface area contributed by atoms with Gasteiger partial charge in [0.25, 0.3) is 0 Å². The van der Waals surface area contributed by atoms with Crippen molar-refractivity contribution in [2.24, 2.45) is 0 Å². The molecular weight excluding hydrogens is 124 g/mol.